The average Bonchev–Trinajstić information content (AvgIpc) is 2.42. The molecule has 0 aliphatic carbocycles. The quantitative estimate of drug-likeness (QED) is 0.375. The summed E-state index contributed by atoms with van der Waals surface area (Å²) in [5.74, 6) is 0. The zero-order chi connectivity index (χ0) is 13.1. The Labute approximate surface area is 116 Å². The standard InChI is InChI=1S/C15H20O2Se/c1-3-10-16-12-14(17-11-4-2)13-18-15-8-6-5-7-9-15/h3-9,14H,1-2,10-13H2. The van der Waals surface area contributed by atoms with Crippen molar-refractivity contribution in [3.8, 4) is 0 Å². The predicted octanol–water partition coefficient (Wildman–Crippen LogP) is 2.21. The molecule has 0 spiro atoms. The van der Waals surface area contributed by atoms with Crippen LogP contribution < -0.4 is 4.46 Å². The van der Waals surface area contributed by atoms with Gasteiger partial charge in [-0.05, 0) is 0 Å². The van der Waals surface area contributed by atoms with E-state index in [9.17, 15) is 0 Å². The van der Waals surface area contributed by atoms with Crippen LogP contribution >= 0.6 is 0 Å². The SMILES string of the molecule is C=CCOCC(C[Se]c1ccccc1)OCC=C. The van der Waals surface area contributed by atoms with Crippen molar-refractivity contribution in [1.82, 2.24) is 0 Å². The Morgan fingerprint density at radius 2 is 1.83 bits per heavy atom. The van der Waals surface area contributed by atoms with E-state index in [4.69, 9.17) is 9.47 Å². The monoisotopic (exact) mass is 312 g/mol. The van der Waals surface area contributed by atoms with E-state index in [-0.39, 0.29) is 6.10 Å². The summed E-state index contributed by atoms with van der Waals surface area (Å²) in [6.07, 6.45) is 3.67. The van der Waals surface area contributed by atoms with E-state index in [1.807, 2.05) is 6.07 Å². The molecule has 0 amide bonds. The molecule has 0 aliphatic rings. The fourth-order valence-corrected chi connectivity index (χ4v) is 3.27. The van der Waals surface area contributed by atoms with Crippen molar-refractivity contribution in [2.75, 3.05) is 19.8 Å². The van der Waals surface area contributed by atoms with Crippen LogP contribution in [0.5, 0.6) is 0 Å². The molecule has 0 N–H and O–H groups in total. The van der Waals surface area contributed by atoms with Gasteiger partial charge in [0.15, 0.2) is 0 Å². The normalized spacial score (nSPS) is 12.0. The van der Waals surface area contributed by atoms with Crippen molar-refractivity contribution < 1.29 is 9.47 Å². The van der Waals surface area contributed by atoms with E-state index < -0.39 is 0 Å². The fraction of sp³-hybridized carbons (Fsp3) is 0.333. The summed E-state index contributed by atoms with van der Waals surface area (Å²) in [6, 6.07) is 10.5. The molecule has 98 valence electrons. The minimum absolute atomic E-state index is 0.142. The molecule has 0 radical (unpaired) electrons. The molecule has 1 rings (SSSR count). The zero-order valence-corrected chi connectivity index (χ0v) is 12.3. The molecule has 0 heterocycles. The van der Waals surface area contributed by atoms with Crippen LogP contribution in [0.2, 0.25) is 5.32 Å². The Bertz CT molecular complexity index is 338. The molecule has 18 heavy (non-hydrogen) atoms. The number of rotatable bonds is 10. The second-order valence-corrected chi connectivity index (χ2v) is 5.99. The minimum atomic E-state index is 0.142. The molecule has 2 nitrogen and oxygen atoms in total. The van der Waals surface area contributed by atoms with Crippen molar-refractivity contribution in [3.05, 3.63) is 55.6 Å². The van der Waals surface area contributed by atoms with Crippen LogP contribution in [0.1, 0.15) is 0 Å². The maximum atomic E-state index is 5.70. The first-order valence-electron chi connectivity index (χ1n) is 5.95. The fourth-order valence-electron chi connectivity index (χ4n) is 1.34. The molecule has 1 unspecified atom stereocenters. The first-order valence-corrected chi connectivity index (χ1v) is 8.02. The summed E-state index contributed by atoms with van der Waals surface area (Å²) in [7, 11) is 0. The Morgan fingerprint density at radius 1 is 1.11 bits per heavy atom. The third-order valence-corrected chi connectivity index (χ3v) is 4.57. The van der Waals surface area contributed by atoms with Crippen LogP contribution in [0.3, 0.4) is 0 Å². The zero-order valence-electron chi connectivity index (χ0n) is 10.6. The summed E-state index contributed by atoms with van der Waals surface area (Å²) in [4.78, 5) is 0. The van der Waals surface area contributed by atoms with Gasteiger partial charge in [0, 0.05) is 0 Å². The van der Waals surface area contributed by atoms with E-state index in [0.29, 0.717) is 34.8 Å². The van der Waals surface area contributed by atoms with E-state index in [0.717, 1.165) is 5.32 Å². The Morgan fingerprint density at radius 3 is 2.50 bits per heavy atom. The Balaban J connectivity index is 2.34. The second kappa shape index (κ2) is 10.1. The van der Waals surface area contributed by atoms with E-state index in [2.05, 4.69) is 37.4 Å². The molecule has 1 aromatic carbocycles. The third-order valence-electron chi connectivity index (χ3n) is 2.17. The van der Waals surface area contributed by atoms with Crippen LogP contribution in [0, 0.1) is 0 Å². The van der Waals surface area contributed by atoms with Gasteiger partial charge in [-0.2, -0.15) is 0 Å². The van der Waals surface area contributed by atoms with Gasteiger partial charge in [0.2, 0.25) is 0 Å². The molecular formula is C15H20O2Se. The van der Waals surface area contributed by atoms with Crippen molar-refractivity contribution in [2.45, 2.75) is 11.4 Å². The van der Waals surface area contributed by atoms with Crippen molar-refractivity contribution in [2.24, 2.45) is 0 Å². The van der Waals surface area contributed by atoms with Gasteiger partial charge in [-0.15, -0.1) is 0 Å². The maximum absolute atomic E-state index is 5.70. The van der Waals surface area contributed by atoms with Crippen LogP contribution in [-0.4, -0.2) is 40.9 Å². The topological polar surface area (TPSA) is 18.5 Å². The van der Waals surface area contributed by atoms with Gasteiger partial charge in [-0.1, -0.05) is 0 Å². The van der Waals surface area contributed by atoms with Crippen LogP contribution in [0.4, 0.5) is 0 Å². The number of hydrogen-bond acceptors (Lipinski definition) is 2. The van der Waals surface area contributed by atoms with Crippen molar-refractivity contribution >= 4 is 19.4 Å². The molecule has 1 aromatic rings. The van der Waals surface area contributed by atoms with E-state index in [1.54, 1.807) is 12.2 Å². The van der Waals surface area contributed by atoms with Gasteiger partial charge in [0.25, 0.3) is 0 Å². The van der Waals surface area contributed by atoms with Crippen molar-refractivity contribution in [3.63, 3.8) is 0 Å². The Hall–Kier alpha value is -0.861. The summed E-state index contributed by atoms with van der Waals surface area (Å²) >= 11 is 0.421. The average molecular weight is 311 g/mol. The van der Waals surface area contributed by atoms with Gasteiger partial charge < -0.3 is 0 Å². The number of hydrogen-bond donors (Lipinski definition) is 0. The van der Waals surface area contributed by atoms with Crippen LogP contribution in [0.15, 0.2) is 55.6 Å². The van der Waals surface area contributed by atoms with Crippen LogP contribution in [-0.2, 0) is 9.47 Å². The summed E-state index contributed by atoms with van der Waals surface area (Å²) in [6.45, 7) is 9.08. The van der Waals surface area contributed by atoms with Gasteiger partial charge in [-0.3, -0.25) is 0 Å². The molecule has 1 atom stereocenters. The van der Waals surface area contributed by atoms with E-state index >= 15 is 0 Å². The molecular weight excluding hydrogens is 291 g/mol. The molecule has 0 aromatic heterocycles. The van der Waals surface area contributed by atoms with Crippen LogP contribution in [0.25, 0.3) is 0 Å². The summed E-state index contributed by atoms with van der Waals surface area (Å²) in [5, 5.41) is 1.02. The molecule has 0 saturated heterocycles. The van der Waals surface area contributed by atoms with Gasteiger partial charge in [0.1, 0.15) is 0 Å². The Kier molecular flexibility index (Phi) is 8.53. The molecule has 0 bridgehead atoms. The van der Waals surface area contributed by atoms with Gasteiger partial charge in [0.05, 0.1) is 0 Å². The molecule has 0 aliphatic heterocycles. The van der Waals surface area contributed by atoms with Crippen molar-refractivity contribution in [1.29, 1.82) is 0 Å². The predicted molar refractivity (Wildman–Crippen MR) is 77.6 cm³/mol. The molecule has 3 heteroatoms. The molecule has 0 saturated carbocycles. The third kappa shape index (κ3) is 6.77. The first kappa shape index (κ1) is 15.2. The number of ether oxygens (including phenoxy) is 2. The summed E-state index contributed by atoms with van der Waals surface area (Å²) < 4.78 is 12.6. The number of benzene rings is 1. The van der Waals surface area contributed by atoms with Gasteiger partial charge >= 0.3 is 116 Å². The second-order valence-electron chi connectivity index (χ2n) is 3.69. The van der Waals surface area contributed by atoms with E-state index in [1.165, 1.54) is 4.46 Å². The first-order chi connectivity index (χ1) is 8.86. The summed E-state index contributed by atoms with van der Waals surface area (Å²) in [5.41, 5.74) is 0. The molecule has 0 fully saturated rings. The van der Waals surface area contributed by atoms with Gasteiger partial charge in [-0.25, -0.2) is 0 Å².